The Kier molecular flexibility index (Phi) is 1.66. The van der Waals surface area contributed by atoms with Crippen LogP contribution in [0.4, 0.5) is 0 Å². The largest absolute Gasteiger partial charge is 0.485 e. The maximum absolute atomic E-state index is 5.29. The summed E-state index contributed by atoms with van der Waals surface area (Å²) in [6.45, 7) is 0.467. The number of aromatic nitrogens is 1. The summed E-state index contributed by atoms with van der Waals surface area (Å²) in [5, 5.41) is 3.83. The molecule has 0 unspecified atom stereocenters. The van der Waals surface area contributed by atoms with Gasteiger partial charge < -0.3 is 9.57 Å². The molecule has 4 nitrogen and oxygen atoms in total. The van der Waals surface area contributed by atoms with Gasteiger partial charge in [0.1, 0.15) is 25.2 Å². The van der Waals surface area contributed by atoms with E-state index in [4.69, 9.17) is 4.74 Å². The Morgan fingerprint density at radius 1 is 1.67 bits per heavy atom. The molecule has 0 bridgehead atoms. The zero-order valence-corrected chi connectivity index (χ0v) is 6.65. The van der Waals surface area contributed by atoms with Crippen LogP contribution >= 0.6 is 0 Å². The van der Waals surface area contributed by atoms with Gasteiger partial charge in [0.15, 0.2) is 0 Å². The minimum absolute atomic E-state index is 0.467. The molecule has 0 N–H and O–H groups in total. The van der Waals surface area contributed by atoms with Gasteiger partial charge in [-0.1, -0.05) is 5.16 Å². The van der Waals surface area contributed by atoms with Crippen molar-refractivity contribution in [2.75, 3.05) is 13.7 Å². The van der Waals surface area contributed by atoms with Gasteiger partial charge in [-0.15, -0.1) is 0 Å². The van der Waals surface area contributed by atoms with Crippen LogP contribution in [0.1, 0.15) is 5.56 Å². The molecule has 0 aromatic carbocycles. The van der Waals surface area contributed by atoms with E-state index in [2.05, 4.69) is 15.0 Å². The summed E-state index contributed by atoms with van der Waals surface area (Å²) >= 11 is 0. The Morgan fingerprint density at radius 3 is 3.42 bits per heavy atom. The number of rotatable bonds is 1. The van der Waals surface area contributed by atoms with Gasteiger partial charge in [-0.05, 0) is 6.07 Å². The van der Waals surface area contributed by atoms with Crippen LogP contribution in [0, 0.1) is 0 Å². The van der Waals surface area contributed by atoms with E-state index in [0.29, 0.717) is 6.61 Å². The highest BCUT2D eigenvalue weighted by Crippen LogP contribution is 2.23. The van der Waals surface area contributed by atoms with Gasteiger partial charge in [0.25, 0.3) is 0 Å². The van der Waals surface area contributed by atoms with Crippen LogP contribution in [0.2, 0.25) is 0 Å². The highest BCUT2D eigenvalue weighted by atomic mass is 16.6. The van der Waals surface area contributed by atoms with Gasteiger partial charge in [0.05, 0.1) is 6.20 Å². The van der Waals surface area contributed by atoms with Crippen molar-refractivity contribution in [2.45, 2.75) is 0 Å². The molecule has 0 amide bonds. The Morgan fingerprint density at radius 2 is 2.58 bits per heavy atom. The van der Waals surface area contributed by atoms with Crippen LogP contribution in [0.15, 0.2) is 23.6 Å². The molecule has 0 spiro atoms. The van der Waals surface area contributed by atoms with E-state index in [1.807, 2.05) is 6.07 Å². The fourth-order valence-corrected chi connectivity index (χ4v) is 1.14. The second-order valence-corrected chi connectivity index (χ2v) is 2.38. The highest BCUT2D eigenvalue weighted by molar-refractivity contribution is 6.05. The predicted molar refractivity (Wildman–Crippen MR) is 43.3 cm³/mol. The molecule has 1 aliphatic heterocycles. The lowest BCUT2D eigenvalue weighted by Gasteiger charge is -1.93. The molecule has 0 saturated carbocycles. The SMILES string of the molecule is CON=C1COc2cnccc21. The minimum Gasteiger partial charge on any atom is -0.485 e. The van der Waals surface area contributed by atoms with Crippen molar-refractivity contribution in [1.82, 2.24) is 4.98 Å². The van der Waals surface area contributed by atoms with Gasteiger partial charge in [0.2, 0.25) is 0 Å². The minimum atomic E-state index is 0.467. The summed E-state index contributed by atoms with van der Waals surface area (Å²) in [7, 11) is 1.52. The smallest absolute Gasteiger partial charge is 0.147 e. The predicted octanol–water partition coefficient (Wildman–Crippen LogP) is 0.825. The zero-order valence-electron chi connectivity index (χ0n) is 6.65. The van der Waals surface area contributed by atoms with Gasteiger partial charge in [-0.25, -0.2) is 0 Å². The van der Waals surface area contributed by atoms with Crippen LogP contribution in [0.25, 0.3) is 0 Å². The van der Waals surface area contributed by atoms with Crippen LogP contribution in [0.3, 0.4) is 0 Å². The average Bonchev–Trinajstić information content (AvgIpc) is 2.50. The number of ether oxygens (including phenoxy) is 1. The second-order valence-electron chi connectivity index (χ2n) is 2.38. The van der Waals surface area contributed by atoms with E-state index in [9.17, 15) is 0 Å². The van der Waals surface area contributed by atoms with Crippen molar-refractivity contribution in [3.63, 3.8) is 0 Å². The lowest BCUT2D eigenvalue weighted by molar-refractivity contribution is 0.211. The molecular formula is C8H8N2O2. The second kappa shape index (κ2) is 2.81. The Balaban J connectivity index is 2.43. The molecule has 0 aliphatic carbocycles. The van der Waals surface area contributed by atoms with E-state index >= 15 is 0 Å². The molecule has 4 heteroatoms. The van der Waals surface area contributed by atoms with Crippen molar-refractivity contribution in [2.24, 2.45) is 5.16 Å². The molecule has 12 heavy (non-hydrogen) atoms. The Hall–Kier alpha value is -1.58. The molecule has 1 aliphatic rings. The molecule has 1 aromatic rings. The molecule has 62 valence electrons. The number of oxime groups is 1. The van der Waals surface area contributed by atoms with Crippen molar-refractivity contribution in [3.05, 3.63) is 24.0 Å². The fourth-order valence-electron chi connectivity index (χ4n) is 1.14. The molecule has 0 atom stereocenters. The molecule has 0 radical (unpaired) electrons. The summed E-state index contributed by atoms with van der Waals surface area (Å²) in [5.74, 6) is 0.772. The standard InChI is InChI=1S/C8H8N2O2/c1-11-10-7-5-12-8-4-9-3-2-6(7)8/h2-4H,5H2,1H3. The van der Waals surface area contributed by atoms with Gasteiger partial charge >= 0.3 is 0 Å². The van der Waals surface area contributed by atoms with Gasteiger partial charge in [-0.3, -0.25) is 4.98 Å². The van der Waals surface area contributed by atoms with Gasteiger partial charge in [-0.2, -0.15) is 0 Å². The first-order valence-corrected chi connectivity index (χ1v) is 3.59. The first kappa shape index (κ1) is 7.09. The molecule has 2 heterocycles. The van der Waals surface area contributed by atoms with Crippen LogP contribution in [-0.4, -0.2) is 24.4 Å². The fraction of sp³-hybridized carbons (Fsp3) is 0.250. The lowest BCUT2D eigenvalue weighted by Crippen LogP contribution is -2.02. The Bertz CT molecular complexity index is 323. The maximum Gasteiger partial charge on any atom is 0.147 e. The highest BCUT2D eigenvalue weighted by Gasteiger charge is 2.19. The molecule has 2 rings (SSSR count). The number of pyridine rings is 1. The topological polar surface area (TPSA) is 43.7 Å². The van der Waals surface area contributed by atoms with Crippen molar-refractivity contribution < 1.29 is 9.57 Å². The number of hydrogen-bond donors (Lipinski definition) is 0. The van der Waals surface area contributed by atoms with Crippen molar-refractivity contribution >= 4 is 5.71 Å². The van der Waals surface area contributed by atoms with E-state index in [1.54, 1.807) is 12.4 Å². The Labute approximate surface area is 69.8 Å². The van der Waals surface area contributed by atoms with E-state index in [-0.39, 0.29) is 0 Å². The quantitative estimate of drug-likeness (QED) is 0.577. The third-order valence-electron chi connectivity index (χ3n) is 1.66. The van der Waals surface area contributed by atoms with Crippen LogP contribution < -0.4 is 4.74 Å². The summed E-state index contributed by atoms with van der Waals surface area (Å²) < 4.78 is 5.29. The third-order valence-corrected chi connectivity index (χ3v) is 1.66. The first-order valence-electron chi connectivity index (χ1n) is 3.59. The summed E-state index contributed by atoms with van der Waals surface area (Å²) in [4.78, 5) is 8.60. The molecular weight excluding hydrogens is 156 g/mol. The number of hydrogen-bond acceptors (Lipinski definition) is 4. The molecule has 1 aromatic heterocycles. The normalized spacial score (nSPS) is 17.2. The average molecular weight is 164 g/mol. The molecule has 0 fully saturated rings. The summed E-state index contributed by atoms with van der Waals surface area (Å²) in [6.07, 6.45) is 3.38. The lowest BCUT2D eigenvalue weighted by atomic mass is 10.2. The third kappa shape index (κ3) is 1.01. The maximum atomic E-state index is 5.29. The van der Waals surface area contributed by atoms with E-state index in [1.165, 1.54) is 7.11 Å². The van der Waals surface area contributed by atoms with E-state index in [0.717, 1.165) is 17.0 Å². The zero-order chi connectivity index (χ0) is 8.39. The van der Waals surface area contributed by atoms with Gasteiger partial charge in [0, 0.05) is 11.8 Å². The van der Waals surface area contributed by atoms with Crippen molar-refractivity contribution in [1.29, 1.82) is 0 Å². The monoisotopic (exact) mass is 164 g/mol. The van der Waals surface area contributed by atoms with Crippen molar-refractivity contribution in [3.8, 4) is 5.75 Å². The summed E-state index contributed by atoms with van der Waals surface area (Å²) in [6, 6.07) is 1.86. The van der Waals surface area contributed by atoms with Crippen LogP contribution in [0.5, 0.6) is 5.75 Å². The summed E-state index contributed by atoms with van der Waals surface area (Å²) in [5.41, 5.74) is 1.78. The number of fused-ring (bicyclic) bond motifs is 1. The van der Waals surface area contributed by atoms with Crippen LogP contribution in [-0.2, 0) is 4.84 Å². The van der Waals surface area contributed by atoms with E-state index < -0.39 is 0 Å². The molecule has 0 saturated heterocycles. The number of nitrogens with zero attached hydrogens (tertiary/aromatic N) is 2. The first-order chi connectivity index (χ1) is 5.92.